The number of rotatable bonds is 2. The van der Waals surface area contributed by atoms with Gasteiger partial charge in [-0.05, 0) is 23.2 Å². The van der Waals surface area contributed by atoms with Gasteiger partial charge in [0.25, 0.3) is 5.56 Å². The monoisotopic (exact) mass is 369 g/mol. The molecule has 0 unspecified atom stereocenters. The van der Waals surface area contributed by atoms with Crippen molar-refractivity contribution in [1.82, 2.24) is 9.55 Å². The van der Waals surface area contributed by atoms with Gasteiger partial charge in [0.15, 0.2) is 0 Å². The lowest BCUT2D eigenvalue weighted by atomic mass is 10.1. The number of aromatic nitrogens is 2. The minimum Gasteiger partial charge on any atom is -0.278 e. The van der Waals surface area contributed by atoms with Crippen molar-refractivity contribution in [2.75, 3.05) is 0 Å². The lowest BCUT2D eigenvalue weighted by Crippen LogP contribution is -2.23. The summed E-state index contributed by atoms with van der Waals surface area (Å²) in [5.41, 5.74) is -1.22. The van der Waals surface area contributed by atoms with Crippen LogP contribution in [-0.2, 0) is 12.7 Å². The van der Waals surface area contributed by atoms with Gasteiger partial charge in [0.05, 0.1) is 23.7 Å². The van der Waals surface area contributed by atoms with Gasteiger partial charge in [0.2, 0.25) is 5.28 Å². The summed E-state index contributed by atoms with van der Waals surface area (Å²) >= 11 is 6.61. The number of thiophene rings is 1. The van der Waals surface area contributed by atoms with E-state index in [0.717, 1.165) is 9.95 Å². The van der Waals surface area contributed by atoms with E-state index in [-0.39, 0.29) is 16.5 Å². The molecule has 0 aliphatic heterocycles. The summed E-state index contributed by atoms with van der Waals surface area (Å²) in [5, 5.41) is 9.58. The summed E-state index contributed by atoms with van der Waals surface area (Å²) in [6.07, 6.45) is -4.61. The predicted octanol–water partition coefficient (Wildman–Crippen LogP) is 4.05. The first-order valence-electron chi connectivity index (χ1n) is 6.55. The molecule has 3 aromatic rings. The van der Waals surface area contributed by atoms with E-state index in [0.29, 0.717) is 22.5 Å². The molecule has 24 heavy (non-hydrogen) atoms. The normalized spacial score (nSPS) is 11.6. The van der Waals surface area contributed by atoms with E-state index in [4.69, 9.17) is 16.9 Å². The Morgan fingerprint density at radius 3 is 2.71 bits per heavy atom. The zero-order valence-corrected chi connectivity index (χ0v) is 13.3. The van der Waals surface area contributed by atoms with E-state index in [2.05, 4.69) is 4.98 Å². The third kappa shape index (κ3) is 2.77. The maximum atomic E-state index is 12.9. The molecule has 0 atom stereocenters. The van der Waals surface area contributed by atoms with Crippen LogP contribution in [0.25, 0.3) is 10.2 Å². The Bertz CT molecular complexity index is 1030. The van der Waals surface area contributed by atoms with Gasteiger partial charge in [-0.15, -0.1) is 11.3 Å². The second kappa shape index (κ2) is 5.92. The van der Waals surface area contributed by atoms with Crippen LogP contribution in [-0.4, -0.2) is 9.55 Å². The van der Waals surface area contributed by atoms with Crippen molar-refractivity contribution >= 4 is 33.2 Å². The van der Waals surface area contributed by atoms with Crippen molar-refractivity contribution in [3.63, 3.8) is 0 Å². The van der Waals surface area contributed by atoms with E-state index in [1.54, 1.807) is 24.3 Å². The van der Waals surface area contributed by atoms with Gasteiger partial charge in [-0.3, -0.25) is 9.36 Å². The molecule has 1 aromatic carbocycles. The molecule has 0 spiro atoms. The van der Waals surface area contributed by atoms with Crippen molar-refractivity contribution in [2.45, 2.75) is 12.7 Å². The topological polar surface area (TPSA) is 58.7 Å². The average molecular weight is 370 g/mol. The minimum atomic E-state index is -4.61. The molecule has 0 bridgehead atoms. The second-order valence-corrected chi connectivity index (χ2v) is 6.08. The molecule has 0 amide bonds. The number of alkyl halides is 3. The standard InChI is InChI=1S/C15H7ClF3N3OS/c16-14-21-11-10(15(17,18)19)7-24-12(11)13(23)22(14)6-9-4-2-1-3-8(9)5-20/h1-4,7H,6H2. The zero-order valence-electron chi connectivity index (χ0n) is 11.8. The highest BCUT2D eigenvalue weighted by atomic mass is 35.5. The fourth-order valence-corrected chi connectivity index (χ4v) is 3.43. The molecule has 0 fully saturated rings. The van der Waals surface area contributed by atoms with Gasteiger partial charge < -0.3 is 0 Å². The molecule has 3 rings (SSSR count). The van der Waals surface area contributed by atoms with Gasteiger partial charge >= 0.3 is 6.18 Å². The smallest absolute Gasteiger partial charge is 0.278 e. The minimum absolute atomic E-state index is 0.0520. The SMILES string of the molecule is N#Cc1ccccc1Cn1c(Cl)nc2c(C(F)(F)F)csc2c1=O. The van der Waals surface area contributed by atoms with Gasteiger partial charge in [-0.1, -0.05) is 18.2 Å². The van der Waals surface area contributed by atoms with E-state index in [1.807, 2.05) is 6.07 Å². The van der Waals surface area contributed by atoms with Gasteiger partial charge in [-0.25, -0.2) is 4.98 Å². The first-order chi connectivity index (χ1) is 11.3. The lowest BCUT2D eigenvalue weighted by Gasteiger charge is -2.10. The molecule has 9 heteroatoms. The van der Waals surface area contributed by atoms with Crippen molar-refractivity contribution in [3.05, 3.63) is 62.0 Å². The summed E-state index contributed by atoms with van der Waals surface area (Å²) in [4.78, 5) is 16.2. The van der Waals surface area contributed by atoms with Crippen LogP contribution in [0.3, 0.4) is 0 Å². The molecule has 0 saturated carbocycles. The molecule has 0 aliphatic rings. The van der Waals surface area contributed by atoms with Crippen LogP contribution in [0.1, 0.15) is 16.7 Å². The van der Waals surface area contributed by atoms with Crippen molar-refractivity contribution < 1.29 is 13.2 Å². The Labute approximate surface area is 142 Å². The highest BCUT2D eigenvalue weighted by Crippen LogP contribution is 2.36. The fourth-order valence-electron chi connectivity index (χ4n) is 2.25. The fraction of sp³-hybridized carbons (Fsp3) is 0.133. The Balaban J connectivity index is 2.17. The second-order valence-electron chi connectivity index (χ2n) is 4.87. The Morgan fingerprint density at radius 2 is 2.04 bits per heavy atom. The number of hydrogen-bond donors (Lipinski definition) is 0. The van der Waals surface area contributed by atoms with Crippen LogP contribution in [0.5, 0.6) is 0 Å². The first-order valence-corrected chi connectivity index (χ1v) is 7.81. The molecule has 0 saturated heterocycles. The predicted molar refractivity (Wildman–Crippen MR) is 84.2 cm³/mol. The quantitative estimate of drug-likeness (QED) is 0.640. The summed E-state index contributed by atoms with van der Waals surface area (Å²) in [5.74, 6) is 0. The first kappa shape index (κ1) is 16.5. The molecular formula is C15H7ClF3N3OS. The van der Waals surface area contributed by atoms with E-state index in [1.165, 1.54) is 0 Å². The van der Waals surface area contributed by atoms with Crippen LogP contribution in [0, 0.1) is 11.3 Å². The maximum absolute atomic E-state index is 12.9. The van der Waals surface area contributed by atoms with Crippen molar-refractivity contribution in [3.8, 4) is 6.07 Å². The number of nitrogens with zero attached hydrogens (tertiary/aromatic N) is 3. The Hall–Kier alpha value is -2.37. The number of nitriles is 1. The molecule has 0 radical (unpaired) electrons. The molecular weight excluding hydrogens is 363 g/mol. The third-order valence-electron chi connectivity index (χ3n) is 3.40. The van der Waals surface area contributed by atoms with Gasteiger partial charge in [0.1, 0.15) is 10.2 Å². The number of hydrogen-bond acceptors (Lipinski definition) is 4. The van der Waals surface area contributed by atoms with E-state index < -0.39 is 22.8 Å². The molecule has 0 aliphatic carbocycles. The van der Waals surface area contributed by atoms with Crippen LogP contribution >= 0.6 is 22.9 Å². The highest BCUT2D eigenvalue weighted by molar-refractivity contribution is 7.17. The summed E-state index contributed by atoms with van der Waals surface area (Å²) < 4.78 is 39.7. The number of halogens is 4. The van der Waals surface area contributed by atoms with Gasteiger partial charge in [0, 0.05) is 5.38 Å². The van der Waals surface area contributed by atoms with Crippen molar-refractivity contribution in [2.24, 2.45) is 0 Å². The molecule has 2 heterocycles. The number of fused-ring (bicyclic) bond motifs is 1. The van der Waals surface area contributed by atoms with Gasteiger partial charge in [-0.2, -0.15) is 18.4 Å². The highest BCUT2D eigenvalue weighted by Gasteiger charge is 2.35. The summed E-state index contributed by atoms with van der Waals surface area (Å²) in [6, 6.07) is 8.57. The molecule has 0 N–H and O–H groups in total. The summed E-state index contributed by atoms with van der Waals surface area (Å²) in [6.45, 7) is -0.0520. The van der Waals surface area contributed by atoms with Crippen LogP contribution in [0.4, 0.5) is 13.2 Å². The van der Waals surface area contributed by atoms with E-state index in [9.17, 15) is 18.0 Å². The van der Waals surface area contributed by atoms with Crippen molar-refractivity contribution in [1.29, 1.82) is 5.26 Å². The molecule has 122 valence electrons. The molecule has 2 aromatic heterocycles. The van der Waals surface area contributed by atoms with Crippen LogP contribution < -0.4 is 5.56 Å². The average Bonchev–Trinajstić information content (AvgIpc) is 2.95. The Kier molecular flexibility index (Phi) is 4.07. The van der Waals surface area contributed by atoms with E-state index >= 15 is 0 Å². The summed E-state index contributed by atoms with van der Waals surface area (Å²) in [7, 11) is 0. The largest absolute Gasteiger partial charge is 0.419 e. The molecule has 4 nitrogen and oxygen atoms in total. The Morgan fingerprint density at radius 1 is 1.33 bits per heavy atom. The lowest BCUT2D eigenvalue weighted by molar-refractivity contribution is -0.136. The van der Waals surface area contributed by atoms with Crippen LogP contribution in [0.15, 0.2) is 34.4 Å². The maximum Gasteiger partial charge on any atom is 0.419 e. The van der Waals surface area contributed by atoms with Crippen LogP contribution in [0.2, 0.25) is 5.28 Å². The number of benzene rings is 1. The third-order valence-corrected chi connectivity index (χ3v) is 4.65. The zero-order chi connectivity index (χ0) is 17.5.